The summed E-state index contributed by atoms with van der Waals surface area (Å²) in [6.45, 7) is 3.89. The largest absolute Gasteiger partial charge is 0.491 e. The first kappa shape index (κ1) is 26.3. The lowest BCUT2D eigenvalue weighted by Crippen LogP contribution is -2.50. The number of hydrogen-bond donors (Lipinski definition) is 2. The van der Waals surface area contributed by atoms with Crippen LogP contribution < -0.4 is 9.64 Å². The Labute approximate surface area is 221 Å². The van der Waals surface area contributed by atoms with Crippen LogP contribution in [0.5, 0.6) is 5.75 Å². The summed E-state index contributed by atoms with van der Waals surface area (Å²) in [7, 11) is 0. The average molecular weight is 526 g/mol. The van der Waals surface area contributed by atoms with Gasteiger partial charge in [-0.05, 0) is 54.4 Å². The first-order valence-corrected chi connectivity index (χ1v) is 12.6. The number of halogens is 2. The van der Waals surface area contributed by atoms with Crippen LogP contribution in [0.3, 0.4) is 0 Å². The molecule has 3 aromatic carbocycles. The maximum atomic E-state index is 10.3. The van der Waals surface area contributed by atoms with Gasteiger partial charge in [0, 0.05) is 30.7 Å². The molecule has 0 spiro atoms. The molecule has 1 heterocycles. The molecule has 3 aromatic rings. The van der Waals surface area contributed by atoms with Crippen LogP contribution in [0.15, 0.2) is 66.7 Å². The zero-order valence-corrected chi connectivity index (χ0v) is 21.5. The number of piperazine rings is 1. The van der Waals surface area contributed by atoms with Crippen LogP contribution in [0.2, 0.25) is 10.0 Å². The Bertz CT molecular complexity index is 1200. The quantitative estimate of drug-likeness (QED) is 0.419. The normalized spacial score (nSPS) is 17.9. The fraction of sp³-hybridized carbons (Fsp3) is 0.321. The van der Waals surface area contributed by atoms with Gasteiger partial charge in [-0.2, -0.15) is 5.26 Å². The van der Waals surface area contributed by atoms with E-state index in [-0.39, 0.29) is 25.3 Å². The minimum absolute atomic E-state index is 0.0324. The Hall–Kier alpha value is -2.79. The molecule has 8 heteroatoms. The molecule has 6 nitrogen and oxygen atoms in total. The van der Waals surface area contributed by atoms with Crippen molar-refractivity contribution in [1.82, 2.24) is 4.90 Å². The van der Waals surface area contributed by atoms with E-state index in [2.05, 4.69) is 15.9 Å². The lowest BCUT2D eigenvalue weighted by Gasteiger charge is -2.46. The minimum atomic E-state index is -0.568. The zero-order chi connectivity index (χ0) is 25.7. The van der Waals surface area contributed by atoms with E-state index < -0.39 is 6.10 Å². The molecule has 0 radical (unpaired) electrons. The number of aliphatic hydroxyl groups excluding tert-OH is 2. The van der Waals surface area contributed by atoms with Gasteiger partial charge in [0.1, 0.15) is 12.4 Å². The molecule has 188 valence electrons. The Kier molecular flexibility index (Phi) is 8.73. The molecule has 0 amide bonds. The number of rotatable bonds is 8. The fourth-order valence-electron chi connectivity index (χ4n) is 4.58. The highest BCUT2D eigenvalue weighted by Crippen LogP contribution is 2.39. The van der Waals surface area contributed by atoms with Crippen molar-refractivity contribution in [3.8, 4) is 11.8 Å². The lowest BCUT2D eigenvalue weighted by molar-refractivity contribution is 0.103. The molecule has 1 aliphatic heterocycles. The molecule has 0 unspecified atom stereocenters. The Morgan fingerprint density at radius 1 is 1.06 bits per heavy atom. The van der Waals surface area contributed by atoms with Crippen molar-refractivity contribution >= 4 is 28.9 Å². The summed E-state index contributed by atoms with van der Waals surface area (Å²) in [5, 5.41) is 30.2. The van der Waals surface area contributed by atoms with Gasteiger partial charge in [0.2, 0.25) is 0 Å². The number of aliphatic hydroxyl groups is 2. The smallest absolute Gasteiger partial charge is 0.121 e. The molecule has 2 N–H and O–H groups in total. The summed E-state index contributed by atoms with van der Waals surface area (Å²) in [5.41, 5.74) is 3.54. The van der Waals surface area contributed by atoms with Crippen LogP contribution >= 0.6 is 23.2 Å². The second-order valence-corrected chi connectivity index (χ2v) is 9.80. The molecular weight excluding hydrogens is 497 g/mol. The maximum absolute atomic E-state index is 10.3. The summed E-state index contributed by atoms with van der Waals surface area (Å²) in [4.78, 5) is 4.54. The van der Waals surface area contributed by atoms with Gasteiger partial charge in [-0.3, -0.25) is 4.90 Å². The monoisotopic (exact) mass is 525 g/mol. The predicted molar refractivity (Wildman–Crippen MR) is 143 cm³/mol. The summed E-state index contributed by atoms with van der Waals surface area (Å²) < 4.78 is 5.62. The highest BCUT2D eigenvalue weighted by atomic mass is 35.5. The highest BCUT2D eigenvalue weighted by molar-refractivity contribution is 6.33. The SMILES string of the molecule is C[C@H](O)COc1ccc(N2CCN([C@H](CO)c3ccc(C#N)cc3)C[C@H]2c2ccc(Cl)cc2)c(Cl)c1. The third kappa shape index (κ3) is 6.12. The Morgan fingerprint density at radius 2 is 1.78 bits per heavy atom. The summed E-state index contributed by atoms with van der Waals surface area (Å²) >= 11 is 12.9. The number of anilines is 1. The van der Waals surface area contributed by atoms with Crippen molar-refractivity contribution in [2.75, 3.05) is 37.7 Å². The average Bonchev–Trinajstić information content (AvgIpc) is 2.89. The number of ether oxygens (including phenoxy) is 1. The molecule has 1 fully saturated rings. The second kappa shape index (κ2) is 12.0. The molecular formula is C28H29Cl2N3O3. The van der Waals surface area contributed by atoms with Crippen molar-refractivity contribution in [2.24, 2.45) is 0 Å². The standard InChI is InChI=1S/C28H29Cl2N3O3/c1-19(35)18-36-24-10-11-26(25(30)14-24)33-13-12-32(16-27(33)21-6-8-23(29)9-7-21)28(17-34)22-4-2-20(15-31)3-5-22/h2-11,14,19,27-28,34-35H,12-13,16-18H2,1H3/t19-,27-,28+/m0/s1. The van der Waals surface area contributed by atoms with Crippen LogP contribution in [0.4, 0.5) is 5.69 Å². The van der Waals surface area contributed by atoms with E-state index in [1.54, 1.807) is 25.1 Å². The number of benzene rings is 3. The van der Waals surface area contributed by atoms with E-state index in [0.717, 1.165) is 16.8 Å². The molecule has 36 heavy (non-hydrogen) atoms. The van der Waals surface area contributed by atoms with Gasteiger partial charge in [0.15, 0.2) is 0 Å². The molecule has 1 aliphatic rings. The van der Waals surface area contributed by atoms with Crippen molar-refractivity contribution < 1.29 is 14.9 Å². The summed E-state index contributed by atoms with van der Waals surface area (Å²) in [5.74, 6) is 0.604. The van der Waals surface area contributed by atoms with Crippen molar-refractivity contribution in [3.05, 3.63) is 93.5 Å². The molecule has 0 saturated carbocycles. The minimum Gasteiger partial charge on any atom is -0.491 e. The molecule has 0 aromatic heterocycles. The van der Waals surface area contributed by atoms with Gasteiger partial charge in [-0.1, -0.05) is 47.5 Å². The molecule has 0 bridgehead atoms. The van der Waals surface area contributed by atoms with Crippen molar-refractivity contribution in [3.63, 3.8) is 0 Å². The molecule has 1 saturated heterocycles. The highest BCUT2D eigenvalue weighted by Gasteiger charge is 2.33. The van der Waals surface area contributed by atoms with Gasteiger partial charge < -0.3 is 19.8 Å². The number of nitriles is 1. The number of nitrogens with zero attached hydrogens (tertiary/aromatic N) is 3. The first-order chi connectivity index (χ1) is 17.4. The van der Waals surface area contributed by atoms with Crippen LogP contribution in [0.25, 0.3) is 0 Å². The van der Waals surface area contributed by atoms with E-state index in [4.69, 9.17) is 33.2 Å². The molecule has 0 aliphatic carbocycles. The van der Waals surface area contributed by atoms with Crippen LogP contribution in [0, 0.1) is 11.3 Å². The fourth-order valence-corrected chi connectivity index (χ4v) is 4.99. The topological polar surface area (TPSA) is 80.0 Å². The van der Waals surface area contributed by atoms with E-state index >= 15 is 0 Å². The van der Waals surface area contributed by atoms with Gasteiger partial charge in [0.25, 0.3) is 0 Å². The third-order valence-electron chi connectivity index (χ3n) is 6.42. The molecule has 4 rings (SSSR count). The van der Waals surface area contributed by atoms with E-state index in [0.29, 0.717) is 41.0 Å². The predicted octanol–water partition coefficient (Wildman–Crippen LogP) is 5.22. The van der Waals surface area contributed by atoms with Gasteiger partial charge >= 0.3 is 0 Å². The summed E-state index contributed by atoms with van der Waals surface area (Å²) in [6.07, 6.45) is -0.568. The van der Waals surface area contributed by atoms with Crippen LogP contribution in [-0.2, 0) is 0 Å². The van der Waals surface area contributed by atoms with Crippen molar-refractivity contribution in [2.45, 2.75) is 25.1 Å². The first-order valence-electron chi connectivity index (χ1n) is 11.9. The van der Waals surface area contributed by atoms with Gasteiger partial charge in [-0.25, -0.2) is 0 Å². The van der Waals surface area contributed by atoms with Crippen LogP contribution in [0.1, 0.15) is 35.7 Å². The Morgan fingerprint density at radius 3 is 2.39 bits per heavy atom. The summed E-state index contributed by atoms with van der Waals surface area (Å²) in [6, 6.07) is 22.7. The van der Waals surface area contributed by atoms with Crippen molar-refractivity contribution in [1.29, 1.82) is 5.26 Å². The second-order valence-electron chi connectivity index (χ2n) is 8.96. The van der Waals surface area contributed by atoms with E-state index in [9.17, 15) is 10.2 Å². The maximum Gasteiger partial charge on any atom is 0.121 e. The van der Waals surface area contributed by atoms with E-state index in [1.807, 2.05) is 48.5 Å². The Balaban J connectivity index is 1.63. The zero-order valence-electron chi connectivity index (χ0n) is 20.0. The van der Waals surface area contributed by atoms with E-state index in [1.165, 1.54) is 0 Å². The van der Waals surface area contributed by atoms with Crippen LogP contribution in [-0.4, -0.2) is 54.1 Å². The third-order valence-corrected chi connectivity index (χ3v) is 6.98. The molecule has 3 atom stereocenters. The van der Waals surface area contributed by atoms with Gasteiger partial charge in [0.05, 0.1) is 47.1 Å². The lowest BCUT2D eigenvalue weighted by atomic mass is 9.97. The number of hydrogen-bond acceptors (Lipinski definition) is 6. The van der Waals surface area contributed by atoms with Gasteiger partial charge in [-0.15, -0.1) is 0 Å².